The summed E-state index contributed by atoms with van der Waals surface area (Å²) in [5.74, 6) is -0.273. The molecule has 4 rings (SSSR count). The van der Waals surface area contributed by atoms with Gasteiger partial charge < -0.3 is 4.74 Å². The summed E-state index contributed by atoms with van der Waals surface area (Å²) < 4.78 is 50.7. The van der Waals surface area contributed by atoms with E-state index in [2.05, 4.69) is 19.8 Å². The fourth-order valence-electron chi connectivity index (χ4n) is 4.03. The fraction of sp³-hybridized carbons (Fsp3) is 0.381. The highest BCUT2D eigenvalue weighted by Gasteiger charge is 2.33. The van der Waals surface area contributed by atoms with Crippen LogP contribution in [0.4, 0.5) is 10.2 Å². The lowest BCUT2D eigenvalue weighted by molar-refractivity contribution is 0.184. The Morgan fingerprint density at radius 1 is 1.26 bits per heavy atom. The average Bonchev–Trinajstić information content (AvgIpc) is 3.36. The van der Waals surface area contributed by atoms with Crippen LogP contribution in [0.1, 0.15) is 43.4 Å². The molecule has 0 amide bonds. The summed E-state index contributed by atoms with van der Waals surface area (Å²) in [5, 5.41) is 4.24. The Balaban J connectivity index is 1.61. The van der Waals surface area contributed by atoms with Gasteiger partial charge in [-0.2, -0.15) is 5.10 Å². The number of nitrogens with zero attached hydrogens (tertiary/aromatic N) is 4. The van der Waals surface area contributed by atoms with E-state index >= 15 is 0 Å². The largest absolute Gasteiger partial charge is 0.489 e. The Hall–Kier alpha value is -3.01. The summed E-state index contributed by atoms with van der Waals surface area (Å²) in [6.07, 6.45) is 7.54. The quantitative estimate of drug-likeness (QED) is 0.598. The monoisotopic (exact) mass is 445 g/mol. The van der Waals surface area contributed by atoms with Crippen molar-refractivity contribution in [2.45, 2.75) is 49.5 Å². The van der Waals surface area contributed by atoms with Gasteiger partial charge >= 0.3 is 0 Å². The molecule has 2 unspecified atom stereocenters. The van der Waals surface area contributed by atoms with E-state index in [0.717, 1.165) is 25.0 Å². The topological polar surface area (TPSA) is 99.0 Å². The van der Waals surface area contributed by atoms with Gasteiger partial charge in [0, 0.05) is 37.1 Å². The van der Waals surface area contributed by atoms with Crippen molar-refractivity contribution in [3.63, 3.8) is 0 Å². The SMILES string of the molecule is CCc1cc(S(=O)(=O)Nc2ccncn2)c(F)cc1OC1CCCC1c1ccnn1C. The molecule has 1 aliphatic rings. The Morgan fingerprint density at radius 3 is 2.77 bits per heavy atom. The number of rotatable bonds is 7. The lowest BCUT2D eigenvalue weighted by atomic mass is 10.0. The third-order valence-electron chi connectivity index (χ3n) is 5.58. The Bertz CT molecular complexity index is 1170. The highest BCUT2D eigenvalue weighted by molar-refractivity contribution is 7.92. The van der Waals surface area contributed by atoms with Crippen molar-refractivity contribution in [3.05, 3.63) is 60.1 Å². The van der Waals surface area contributed by atoms with Gasteiger partial charge in [-0.3, -0.25) is 9.40 Å². The molecule has 0 aliphatic heterocycles. The van der Waals surface area contributed by atoms with Crippen molar-refractivity contribution in [1.82, 2.24) is 19.7 Å². The van der Waals surface area contributed by atoms with E-state index in [9.17, 15) is 12.8 Å². The molecule has 0 bridgehead atoms. The van der Waals surface area contributed by atoms with E-state index in [0.29, 0.717) is 17.7 Å². The first kappa shape index (κ1) is 21.2. The van der Waals surface area contributed by atoms with E-state index in [-0.39, 0.29) is 17.8 Å². The summed E-state index contributed by atoms with van der Waals surface area (Å²) in [5.41, 5.74) is 1.70. The van der Waals surface area contributed by atoms with Crippen LogP contribution < -0.4 is 9.46 Å². The van der Waals surface area contributed by atoms with Crippen molar-refractivity contribution in [2.24, 2.45) is 7.05 Å². The van der Waals surface area contributed by atoms with Gasteiger partial charge in [-0.15, -0.1) is 0 Å². The highest BCUT2D eigenvalue weighted by Crippen LogP contribution is 2.38. The maximum atomic E-state index is 14.9. The predicted octanol–water partition coefficient (Wildman–Crippen LogP) is 3.43. The van der Waals surface area contributed by atoms with Gasteiger partial charge in [0.05, 0.1) is 0 Å². The number of ether oxygens (including phenoxy) is 1. The van der Waals surface area contributed by atoms with Crippen LogP contribution >= 0.6 is 0 Å². The van der Waals surface area contributed by atoms with Crippen LogP contribution in [0.5, 0.6) is 5.75 Å². The van der Waals surface area contributed by atoms with Gasteiger partial charge in [0.25, 0.3) is 10.0 Å². The second-order valence-corrected chi connectivity index (χ2v) is 9.17. The van der Waals surface area contributed by atoms with Crippen molar-refractivity contribution in [1.29, 1.82) is 0 Å². The zero-order valence-electron chi connectivity index (χ0n) is 17.3. The van der Waals surface area contributed by atoms with Crippen molar-refractivity contribution in [3.8, 4) is 5.75 Å². The number of benzene rings is 1. The third-order valence-corrected chi connectivity index (χ3v) is 6.95. The van der Waals surface area contributed by atoms with Crippen LogP contribution in [0.25, 0.3) is 0 Å². The molecule has 1 aromatic carbocycles. The predicted molar refractivity (Wildman–Crippen MR) is 113 cm³/mol. The Labute approximate surface area is 180 Å². The first-order valence-corrected chi connectivity index (χ1v) is 11.6. The zero-order valence-corrected chi connectivity index (χ0v) is 18.1. The third kappa shape index (κ3) is 4.39. The summed E-state index contributed by atoms with van der Waals surface area (Å²) in [4.78, 5) is 7.13. The molecule has 0 radical (unpaired) electrons. The minimum absolute atomic E-state index is 0.0674. The molecule has 2 heterocycles. The molecule has 10 heteroatoms. The molecule has 2 atom stereocenters. The highest BCUT2D eigenvalue weighted by atomic mass is 32.2. The van der Waals surface area contributed by atoms with Crippen LogP contribution in [-0.4, -0.2) is 34.3 Å². The van der Waals surface area contributed by atoms with Gasteiger partial charge in [0.1, 0.15) is 34.7 Å². The molecule has 3 aromatic rings. The Kier molecular flexibility index (Phi) is 5.90. The molecule has 1 aliphatic carbocycles. The number of hydrogen-bond acceptors (Lipinski definition) is 6. The second-order valence-electron chi connectivity index (χ2n) is 7.52. The minimum Gasteiger partial charge on any atom is -0.489 e. The molecule has 8 nitrogen and oxygen atoms in total. The lowest BCUT2D eigenvalue weighted by Gasteiger charge is -2.23. The number of aryl methyl sites for hydroxylation is 2. The second kappa shape index (κ2) is 8.62. The molecule has 1 fully saturated rings. The molecular weight excluding hydrogens is 421 g/mol. The van der Waals surface area contributed by atoms with Gasteiger partial charge in [0.15, 0.2) is 0 Å². The smallest absolute Gasteiger partial charge is 0.265 e. The van der Waals surface area contributed by atoms with Crippen LogP contribution in [0.2, 0.25) is 0 Å². The van der Waals surface area contributed by atoms with E-state index in [1.54, 1.807) is 6.20 Å². The maximum Gasteiger partial charge on any atom is 0.265 e. The number of nitrogens with one attached hydrogen (secondary N) is 1. The average molecular weight is 446 g/mol. The molecule has 31 heavy (non-hydrogen) atoms. The normalized spacial score (nSPS) is 18.8. The summed E-state index contributed by atoms with van der Waals surface area (Å²) >= 11 is 0. The summed E-state index contributed by atoms with van der Waals surface area (Å²) in [7, 11) is -2.26. The van der Waals surface area contributed by atoms with E-state index in [1.165, 1.54) is 30.7 Å². The van der Waals surface area contributed by atoms with Crippen LogP contribution in [0.3, 0.4) is 0 Å². The van der Waals surface area contributed by atoms with E-state index in [1.807, 2.05) is 24.7 Å². The first-order valence-electron chi connectivity index (χ1n) is 10.1. The fourth-order valence-corrected chi connectivity index (χ4v) is 5.15. The molecule has 2 aromatic heterocycles. The summed E-state index contributed by atoms with van der Waals surface area (Å²) in [6, 6.07) is 5.88. The maximum absolute atomic E-state index is 14.9. The molecule has 164 valence electrons. The van der Waals surface area contributed by atoms with Gasteiger partial charge in [-0.25, -0.2) is 22.8 Å². The standard InChI is InChI=1S/C21H24FN5O3S/c1-3-14-11-20(31(28,29)26-21-8-9-23-13-24-21)16(22)12-19(14)30-18-6-4-5-15(18)17-7-10-25-27(17)2/h7-13,15,18H,3-6H2,1-2H3,(H,23,24,26). The van der Waals surface area contributed by atoms with E-state index in [4.69, 9.17) is 4.74 Å². The Morgan fingerprint density at radius 2 is 2.10 bits per heavy atom. The first-order chi connectivity index (χ1) is 14.9. The van der Waals surface area contributed by atoms with Crippen LogP contribution in [0.15, 0.2) is 47.9 Å². The van der Waals surface area contributed by atoms with Gasteiger partial charge in [0.2, 0.25) is 0 Å². The molecule has 1 saturated carbocycles. The number of hydrogen-bond donors (Lipinski definition) is 1. The number of halogens is 1. The zero-order chi connectivity index (χ0) is 22.0. The lowest BCUT2D eigenvalue weighted by Crippen LogP contribution is -2.23. The van der Waals surface area contributed by atoms with Crippen molar-refractivity contribution in [2.75, 3.05) is 4.72 Å². The molecule has 1 N–H and O–H groups in total. The molecule has 0 saturated heterocycles. The van der Waals surface area contributed by atoms with Gasteiger partial charge in [-0.1, -0.05) is 6.92 Å². The minimum atomic E-state index is -4.15. The van der Waals surface area contributed by atoms with Crippen molar-refractivity contribution < 1.29 is 17.5 Å². The molecular formula is C21H24FN5O3S. The summed E-state index contributed by atoms with van der Waals surface area (Å²) in [6.45, 7) is 1.88. The number of anilines is 1. The number of sulfonamides is 1. The van der Waals surface area contributed by atoms with Gasteiger partial charge in [-0.05, 0) is 49.4 Å². The van der Waals surface area contributed by atoms with Crippen molar-refractivity contribution >= 4 is 15.8 Å². The van der Waals surface area contributed by atoms with E-state index < -0.39 is 20.7 Å². The van der Waals surface area contributed by atoms with Crippen LogP contribution in [0, 0.1) is 5.82 Å². The van der Waals surface area contributed by atoms with Crippen LogP contribution in [-0.2, 0) is 23.5 Å². The number of aromatic nitrogens is 4. The molecule has 0 spiro atoms.